The van der Waals surface area contributed by atoms with E-state index in [-0.39, 0.29) is 34.3 Å². The summed E-state index contributed by atoms with van der Waals surface area (Å²) in [5.74, 6) is 0.163. The number of nitrogens with one attached hydrogen (secondary N) is 1. The molecular formula is C18H14ClN3O4. The third-order valence-electron chi connectivity index (χ3n) is 5.10. The van der Waals surface area contributed by atoms with Gasteiger partial charge in [0, 0.05) is 18.1 Å². The fraction of sp³-hybridized carbons (Fsp3) is 0.222. The van der Waals surface area contributed by atoms with Crippen LogP contribution in [0.1, 0.15) is 29.5 Å². The zero-order valence-corrected chi connectivity index (χ0v) is 14.2. The number of hydrogen-bond donors (Lipinski definition) is 1. The van der Waals surface area contributed by atoms with Gasteiger partial charge in [-0.3, -0.25) is 20.2 Å². The summed E-state index contributed by atoms with van der Waals surface area (Å²) >= 11 is 5.93. The van der Waals surface area contributed by atoms with Crippen molar-refractivity contribution >= 4 is 28.7 Å². The molecule has 2 aromatic rings. The zero-order valence-electron chi connectivity index (χ0n) is 13.5. The van der Waals surface area contributed by atoms with Crippen molar-refractivity contribution < 1.29 is 9.85 Å². The third-order valence-corrected chi connectivity index (χ3v) is 5.42. The molecule has 1 N–H and O–H groups in total. The Morgan fingerprint density at radius 1 is 1.08 bits per heavy atom. The molecule has 2 aromatic carbocycles. The maximum Gasteiger partial charge on any atom is 0.292 e. The van der Waals surface area contributed by atoms with E-state index in [4.69, 9.17) is 11.6 Å². The molecule has 0 amide bonds. The topological polar surface area (TPSA) is 98.3 Å². The second kappa shape index (κ2) is 6.10. The average molecular weight is 372 g/mol. The Morgan fingerprint density at radius 3 is 2.58 bits per heavy atom. The van der Waals surface area contributed by atoms with E-state index in [1.54, 1.807) is 12.1 Å². The van der Waals surface area contributed by atoms with Crippen LogP contribution in [0, 0.1) is 26.1 Å². The summed E-state index contributed by atoms with van der Waals surface area (Å²) in [5.41, 5.74) is 1.91. The van der Waals surface area contributed by atoms with E-state index in [0.29, 0.717) is 11.3 Å². The lowest BCUT2D eigenvalue weighted by Crippen LogP contribution is -2.29. The van der Waals surface area contributed by atoms with E-state index >= 15 is 0 Å². The molecule has 4 rings (SSSR count). The van der Waals surface area contributed by atoms with Crippen LogP contribution in [-0.4, -0.2) is 9.85 Å². The van der Waals surface area contributed by atoms with E-state index in [1.165, 1.54) is 18.2 Å². The molecular weight excluding hydrogens is 358 g/mol. The predicted octanol–water partition coefficient (Wildman–Crippen LogP) is 4.98. The number of fused-ring (bicyclic) bond motifs is 3. The van der Waals surface area contributed by atoms with Crippen LogP contribution < -0.4 is 5.32 Å². The monoisotopic (exact) mass is 371 g/mol. The summed E-state index contributed by atoms with van der Waals surface area (Å²) in [4.78, 5) is 21.7. The third kappa shape index (κ3) is 2.52. The molecule has 1 aliphatic heterocycles. The van der Waals surface area contributed by atoms with E-state index in [0.717, 1.165) is 12.0 Å². The highest BCUT2D eigenvalue weighted by molar-refractivity contribution is 6.32. The molecule has 132 valence electrons. The zero-order chi connectivity index (χ0) is 18.4. The molecule has 26 heavy (non-hydrogen) atoms. The lowest BCUT2D eigenvalue weighted by atomic mass is 9.76. The minimum Gasteiger partial charge on any atom is -0.372 e. The summed E-state index contributed by atoms with van der Waals surface area (Å²) < 4.78 is 0. The minimum atomic E-state index is -0.518. The van der Waals surface area contributed by atoms with Gasteiger partial charge in [-0.15, -0.1) is 0 Å². The molecule has 0 fully saturated rings. The minimum absolute atomic E-state index is 0.00899. The Morgan fingerprint density at radius 2 is 1.85 bits per heavy atom. The molecule has 0 spiro atoms. The summed E-state index contributed by atoms with van der Waals surface area (Å²) in [7, 11) is 0. The molecule has 0 bridgehead atoms. The first-order chi connectivity index (χ1) is 12.5. The van der Waals surface area contributed by atoms with Gasteiger partial charge >= 0.3 is 0 Å². The van der Waals surface area contributed by atoms with Crippen molar-refractivity contribution in [3.63, 3.8) is 0 Å². The van der Waals surface area contributed by atoms with E-state index in [9.17, 15) is 20.2 Å². The van der Waals surface area contributed by atoms with Gasteiger partial charge in [-0.1, -0.05) is 42.0 Å². The molecule has 1 heterocycles. The van der Waals surface area contributed by atoms with Crippen LogP contribution in [0.5, 0.6) is 0 Å². The Kier molecular flexibility index (Phi) is 3.88. The molecule has 3 atom stereocenters. The van der Waals surface area contributed by atoms with Gasteiger partial charge in [0.15, 0.2) is 0 Å². The van der Waals surface area contributed by atoms with Crippen molar-refractivity contribution in [2.24, 2.45) is 5.92 Å². The normalized spacial score (nSPS) is 23.0. The van der Waals surface area contributed by atoms with Crippen molar-refractivity contribution in [2.45, 2.75) is 18.4 Å². The number of hydrogen-bond acceptors (Lipinski definition) is 5. The Bertz CT molecular complexity index is 959. The Hall–Kier alpha value is -2.93. The van der Waals surface area contributed by atoms with Crippen molar-refractivity contribution in [1.29, 1.82) is 0 Å². The quantitative estimate of drug-likeness (QED) is 0.466. The molecule has 0 saturated heterocycles. The van der Waals surface area contributed by atoms with Gasteiger partial charge in [0.25, 0.3) is 11.4 Å². The first kappa shape index (κ1) is 16.5. The molecule has 7 nitrogen and oxygen atoms in total. The number of anilines is 1. The fourth-order valence-corrected chi connectivity index (χ4v) is 4.14. The summed E-state index contributed by atoms with van der Waals surface area (Å²) in [5, 5.41) is 26.0. The maximum atomic E-state index is 11.4. The van der Waals surface area contributed by atoms with E-state index in [2.05, 4.69) is 17.5 Å². The standard InChI is InChI=1S/C18H14ClN3O4/c19-14-8-7-10(9-16(14)22(25)26)17-12-4-1-3-11(12)13-5-2-6-15(21(23)24)18(13)20-17/h1-3,5-9,11-12,17,20H,4H2/t11-,12-,17-/m0/s1. The highest BCUT2D eigenvalue weighted by atomic mass is 35.5. The van der Waals surface area contributed by atoms with E-state index in [1.807, 2.05) is 6.07 Å². The Balaban J connectivity index is 1.84. The van der Waals surface area contributed by atoms with Crippen molar-refractivity contribution in [1.82, 2.24) is 0 Å². The van der Waals surface area contributed by atoms with Gasteiger partial charge < -0.3 is 5.32 Å². The number of benzene rings is 2. The smallest absolute Gasteiger partial charge is 0.292 e. The predicted molar refractivity (Wildman–Crippen MR) is 97.6 cm³/mol. The molecule has 0 unspecified atom stereocenters. The molecule has 0 saturated carbocycles. The largest absolute Gasteiger partial charge is 0.372 e. The number of para-hydroxylation sites is 1. The summed E-state index contributed by atoms with van der Waals surface area (Å²) in [6.07, 6.45) is 4.91. The van der Waals surface area contributed by atoms with Gasteiger partial charge in [-0.05, 0) is 29.5 Å². The Labute approximate surface area is 153 Å². The van der Waals surface area contributed by atoms with Crippen LogP contribution in [0.15, 0.2) is 48.6 Å². The maximum absolute atomic E-state index is 11.4. The van der Waals surface area contributed by atoms with Gasteiger partial charge in [0.05, 0.1) is 15.9 Å². The molecule has 0 radical (unpaired) electrons. The second-order valence-electron chi connectivity index (χ2n) is 6.44. The SMILES string of the molecule is O=[N+]([O-])c1cc([C@@H]2Nc3c(cccc3[N+](=O)[O-])[C@H]3C=CC[C@@H]32)ccc1Cl. The van der Waals surface area contributed by atoms with Crippen LogP contribution in [-0.2, 0) is 0 Å². The van der Waals surface area contributed by atoms with Crippen LogP contribution in [0.4, 0.5) is 17.1 Å². The highest BCUT2D eigenvalue weighted by Gasteiger charge is 2.40. The molecule has 1 aliphatic carbocycles. The van der Waals surface area contributed by atoms with Crippen LogP contribution >= 0.6 is 11.6 Å². The number of allylic oxidation sites excluding steroid dienone is 2. The van der Waals surface area contributed by atoms with Crippen molar-refractivity contribution in [3.8, 4) is 0 Å². The van der Waals surface area contributed by atoms with Crippen molar-refractivity contribution in [3.05, 3.63) is 84.9 Å². The first-order valence-corrected chi connectivity index (χ1v) is 8.49. The number of nitro groups is 2. The second-order valence-corrected chi connectivity index (χ2v) is 6.85. The number of nitrogens with zero attached hydrogens (tertiary/aromatic N) is 2. The van der Waals surface area contributed by atoms with Gasteiger partial charge in [0.2, 0.25) is 0 Å². The molecule has 8 heteroatoms. The number of rotatable bonds is 3. The fourth-order valence-electron chi connectivity index (χ4n) is 3.95. The van der Waals surface area contributed by atoms with Crippen molar-refractivity contribution in [2.75, 3.05) is 5.32 Å². The van der Waals surface area contributed by atoms with Gasteiger partial charge in [-0.25, -0.2) is 0 Å². The first-order valence-electron chi connectivity index (χ1n) is 8.11. The van der Waals surface area contributed by atoms with Crippen LogP contribution in [0.2, 0.25) is 5.02 Å². The van der Waals surface area contributed by atoms with Crippen LogP contribution in [0.3, 0.4) is 0 Å². The average Bonchev–Trinajstić information content (AvgIpc) is 3.10. The van der Waals surface area contributed by atoms with E-state index < -0.39 is 9.85 Å². The molecule has 0 aromatic heterocycles. The number of halogens is 1. The highest BCUT2D eigenvalue weighted by Crippen LogP contribution is 2.52. The van der Waals surface area contributed by atoms with Gasteiger partial charge in [0.1, 0.15) is 10.7 Å². The lowest BCUT2D eigenvalue weighted by Gasteiger charge is -2.37. The van der Waals surface area contributed by atoms with Gasteiger partial charge in [-0.2, -0.15) is 0 Å². The summed E-state index contributed by atoms with van der Waals surface area (Å²) in [6.45, 7) is 0. The van der Waals surface area contributed by atoms with Crippen LogP contribution in [0.25, 0.3) is 0 Å². The molecule has 2 aliphatic rings. The number of nitro benzene ring substituents is 2. The lowest BCUT2D eigenvalue weighted by molar-refractivity contribution is -0.384. The summed E-state index contributed by atoms with van der Waals surface area (Å²) in [6, 6.07) is 9.46.